The predicted molar refractivity (Wildman–Crippen MR) is 168 cm³/mol. The number of carbonyl (C=O) groups is 1. The molecule has 1 saturated carbocycles. The molecule has 3 aliphatic rings. The van der Waals surface area contributed by atoms with Crippen molar-refractivity contribution in [3.8, 4) is 6.07 Å². The minimum absolute atomic E-state index is 0.0433. The number of nitroso groups, excluding NO2 is 1. The molecular weight excluding hydrogens is 524 g/mol. The minimum Gasteiger partial charge on any atom is -0.497 e. The van der Waals surface area contributed by atoms with Gasteiger partial charge in [-0.1, -0.05) is 55.4 Å². The van der Waals surface area contributed by atoms with Crippen molar-refractivity contribution in [1.82, 2.24) is 0 Å². The van der Waals surface area contributed by atoms with Crippen molar-refractivity contribution in [2.75, 3.05) is 13.7 Å². The fourth-order valence-electron chi connectivity index (χ4n) is 6.55. The van der Waals surface area contributed by atoms with Crippen molar-refractivity contribution >= 4 is 11.5 Å². The van der Waals surface area contributed by atoms with Crippen LogP contribution in [-0.2, 0) is 16.0 Å². The molecule has 0 saturated heterocycles. The molecule has 1 aromatic rings. The van der Waals surface area contributed by atoms with Gasteiger partial charge in [0.15, 0.2) is 0 Å². The number of nitriles is 1. The fourth-order valence-corrected chi connectivity index (χ4v) is 6.55. The van der Waals surface area contributed by atoms with Crippen LogP contribution in [0.25, 0.3) is 0 Å². The number of methoxy groups -OCH3 is 1. The van der Waals surface area contributed by atoms with Crippen molar-refractivity contribution in [3.05, 3.63) is 87.1 Å². The van der Waals surface area contributed by atoms with Crippen molar-refractivity contribution in [2.24, 2.45) is 33.7 Å². The Balaban J connectivity index is 1.55. The Morgan fingerprint density at radius 2 is 1.98 bits per heavy atom. The molecule has 0 spiro atoms. The van der Waals surface area contributed by atoms with E-state index in [0.29, 0.717) is 45.1 Å². The lowest BCUT2D eigenvalue weighted by atomic mass is 9.77. The molecule has 1 fully saturated rings. The smallest absolute Gasteiger partial charge is 0.137 e. The van der Waals surface area contributed by atoms with E-state index in [1.807, 2.05) is 19.1 Å². The van der Waals surface area contributed by atoms with Crippen LogP contribution >= 0.6 is 0 Å². The summed E-state index contributed by atoms with van der Waals surface area (Å²) in [5.41, 5.74) is 12.8. The standard InChI is InChI=1S/C35H44N4O3/c1-4-24-11-13-26(14-12-24)35-34(25-7-5-8-30(42-3)18-16-25)28(22-38-35)20-29(40)17-15-27-19-23(2)33(39-41)10-6-9-32(37)31(27)21-36/h7-8,11-14,16,18,23,27,31-33H,4-6,9-10,15,17,19-20,22,37H2,1-3H3. The lowest BCUT2D eigenvalue weighted by Crippen LogP contribution is -2.35. The number of aliphatic imine (C=N–C) groups is 1. The molecule has 222 valence electrons. The van der Waals surface area contributed by atoms with E-state index in [2.05, 4.69) is 54.6 Å². The SMILES string of the molecule is CCc1ccc(C2=NCC(CC(=O)CCC3CC(C)C(N=O)CCCC(N)C3C#N)=C2C2=CCC=C(OC)C=C2)cc1. The molecule has 4 rings (SSSR count). The molecule has 0 bridgehead atoms. The highest BCUT2D eigenvalue weighted by Gasteiger charge is 2.33. The van der Waals surface area contributed by atoms with Crippen LogP contribution in [0.2, 0.25) is 0 Å². The fraction of sp³-hybridized carbons (Fsp3) is 0.514. The zero-order valence-electron chi connectivity index (χ0n) is 25.2. The van der Waals surface area contributed by atoms with E-state index in [1.165, 1.54) is 5.56 Å². The van der Waals surface area contributed by atoms with Gasteiger partial charge in [-0.2, -0.15) is 10.2 Å². The van der Waals surface area contributed by atoms with Gasteiger partial charge >= 0.3 is 0 Å². The Hall–Kier alpha value is -3.63. The lowest BCUT2D eigenvalue weighted by molar-refractivity contribution is -0.118. The highest BCUT2D eigenvalue weighted by atomic mass is 16.5. The zero-order chi connectivity index (χ0) is 30.1. The monoisotopic (exact) mass is 568 g/mol. The molecule has 1 aromatic carbocycles. The molecular formula is C35H44N4O3. The molecule has 7 nitrogen and oxygen atoms in total. The van der Waals surface area contributed by atoms with E-state index >= 15 is 0 Å². The van der Waals surface area contributed by atoms with Gasteiger partial charge in [-0.3, -0.25) is 9.79 Å². The highest BCUT2D eigenvalue weighted by molar-refractivity contribution is 6.18. The first-order valence-corrected chi connectivity index (χ1v) is 15.4. The zero-order valence-corrected chi connectivity index (χ0v) is 25.2. The number of hydrogen-bond donors (Lipinski definition) is 1. The third-order valence-corrected chi connectivity index (χ3v) is 9.09. The van der Waals surface area contributed by atoms with E-state index in [0.717, 1.165) is 53.0 Å². The number of nitrogens with zero attached hydrogens (tertiary/aromatic N) is 3. The maximum absolute atomic E-state index is 13.5. The minimum atomic E-state index is -0.336. The first kappa shape index (κ1) is 31.3. The molecule has 2 aliphatic carbocycles. The normalized spacial score (nSPS) is 26.5. The summed E-state index contributed by atoms with van der Waals surface area (Å²) in [6.07, 6.45) is 14.0. The second-order valence-electron chi connectivity index (χ2n) is 11.9. The van der Waals surface area contributed by atoms with E-state index in [9.17, 15) is 15.0 Å². The average Bonchev–Trinajstić information content (AvgIpc) is 3.28. The lowest BCUT2D eigenvalue weighted by Gasteiger charge is -2.28. The van der Waals surface area contributed by atoms with Gasteiger partial charge in [0.1, 0.15) is 11.5 Å². The Morgan fingerprint density at radius 3 is 2.67 bits per heavy atom. The second kappa shape index (κ2) is 15.0. The third kappa shape index (κ3) is 7.60. The van der Waals surface area contributed by atoms with Crippen LogP contribution in [0.3, 0.4) is 0 Å². The van der Waals surface area contributed by atoms with Crippen LogP contribution in [0.5, 0.6) is 0 Å². The van der Waals surface area contributed by atoms with Gasteiger partial charge in [-0.25, -0.2) is 0 Å². The van der Waals surface area contributed by atoms with Gasteiger partial charge in [0, 0.05) is 30.0 Å². The van der Waals surface area contributed by atoms with Crippen LogP contribution in [0.1, 0.15) is 76.3 Å². The first-order chi connectivity index (χ1) is 20.4. The quantitative estimate of drug-likeness (QED) is 0.307. The predicted octanol–water partition coefficient (Wildman–Crippen LogP) is 6.93. The van der Waals surface area contributed by atoms with Crippen molar-refractivity contribution in [1.29, 1.82) is 5.26 Å². The largest absolute Gasteiger partial charge is 0.497 e. The maximum Gasteiger partial charge on any atom is 0.137 e. The summed E-state index contributed by atoms with van der Waals surface area (Å²) in [6.45, 7) is 4.66. The van der Waals surface area contributed by atoms with E-state index < -0.39 is 0 Å². The second-order valence-corrected chi connectivity index (χ2v) is 11.9. The number of ether oxygens (including phenoxy) is 1. The van der Waals surface area contributed by atoms with E-state index in [4.69, 9.17) is 15.5 Å². The first-order valence-electron chi connectivity index (χ1n) is 15.4. The van der Waals surface area contributed by atoms with Gasteiger partial charge in [0.05, 0.1) is 37.4 Å². The number of rotatable bonds is 10. The topological polar surface area (TPSA) is 118 Å². The number of aryl methyl sites for hydroxylation is 1. The molecule has 5 unspecified atom stereocenters. The number of Topliss-reactive ketones (excluding diaryl/α,β-unsaturated/α-hetero) is 1. The molecule has 0 radical (unpaired) electrons. The maximum atomic E-state index is 13.5. The van der Waals surface area contributed by atoms with Crippen LogP contribution in [0, 0.1) is 34.0 Å². The van der Waals surface area contributed by atoms with Crippen molar-refractivity contribution in [2.45, 2.75) is 83.7 Å². The summed E-state index contributed by atoms with van der Waals surface area (Å²) in [6, 6.07) is 10.4. The van der Waals surface area contributed by atoms with Crippen LogP contribution in [0.15, 0.2) is 81.2 Å². The van der Waals surface area contributed by atoms with Crippen molar-refractivity contribution < 1.29 is 9.53 Å². The van der Waals surface area contributed by atoms with Crippen LogP contribution in [-0.4, -0.2) is 37.2 Å². The molecule has 1 heterocycles. The molecule has 5 atom stereocenters. The van der Waals surface area contributed by atoms with Gasteiger partial charge in [-0.15, -0.1) is 0 Å². The number of nitrogens with two attached hydrogens (primary N) is 1. The number of carbonyl (C=O) groups excluding carboxylic acids is 1. The Bertz CT molecular complexity index is 1330. The summed E-state index contributed by atoms with van der Waals surface area (Å²) < 4.78 is 5.46. The van der Waals surface area contributed by atoms with Crippen LogP contribution in [0.4, 0.5) is 0 Å². The summed E-state index contributed by atoms with van der Waals surface area (Å²) in [7, 11) is 1.67. The Kier molecular flexibility index (Phi) is 11.2. The van der Waals surface area contributed by atoms with E-state index in [-0.39, 0.29) is 35.6 Å². The Morgan fingerprint density at radius 1 is 1.19 bits per heavy atom. The molecule has 1 aliphatic heterocycles. The molecule has 0 amide bonds. The van der Waals surface area contributed by atoms with Gasteiger partial charge in [0.25, 0.3) is 0 Å². The average molecular weight is 569 g/mol. The van der Waals surface area contributed by atoms with Crippen molar-refractivity contribution in [3.63, 3.8) is 0 Å². The molecule has 0 aromatic heterocycles. The number of allylic oxidation sites excluding steroid dienone is 6. The number of benzene rings is 1. The third-order valence-electron chi connectivity index (χ3n) is 9.09. The molecule has 42 heavy (non-hydrogen) atoms. The summed E-state index contributed by atoms with van der Waals surface area (Å²) in [5, 5.41) is 13.4. The molecule has 7 heteroatoms. The van der Waals surface area contributed by atoms with Gasteiger partial charge in [0.2, 0.25) is 0 Å². The molecule has 2 N–H and O–H groups in total. The van der Waals surface area contributed by atoms with E-state index in [1.54, 1.807) is 7.11 Å². The summed E-state index contributed by atoms with van der Waals surface area (Å²) in [5.74, 6) is 0.624. The summed E-state index contributed by atoms with van der Waals surface area (Å²) in [4.78, 5) is 30.0. The Labute approximate surface area is 250 Å². The highest BCUT2D eigenvalue weighted by Crippen LogP contribution is 2.35. The number of ketones is 1. The van der Waals surface area contributed by atoms with Crippen LogP contribution < -0.4 is 5.73 Å². The summed E-state index contributed by atoms with van der Waals surface area (Å²) >= 11 is 0. The number of hydrogen-bond acceptors (Lipinski definition) is 7. The van der Waals surface area contributed by atoms with Gasteiger partial charge < -0.3 is 10.5 Å². The van der Waals surface area contributed by atoms with Gasteiger partial charge in [-0.05, 0) is 85.6 Å².